The van der Waals surface area contributed by atoms with Gasteiger partial charge in [0.05, 0.1) is 0 Å². The van der Waals surface area contributed by atoms with Crippen LogP contribution in [0.2, 0.25) is 0 Å². The van der Waals surface area contributed by atoms with E-state index in [0.717, 1.165) is 26.4 Å². The van der Waals surface area contributed by atoms with E-state index in [2.05, 4.69) is 0 Å². The molecule has 0 aromatic carbocycles. The SMILES string of the molecule is CC(=O)O.CCC=C(C)C(=O)ON(CC)CC. The molecule has 0 rings (SSSR count). The van der Waals surface area contributed by atoms with Gasteiger partial charge in [-0.05, 0) is 27.2 Å². The summed E-state index contributed by atoms with van der Waals surface area (Å²) >= 11 is 0. The van der Waals surface area contributed by atoms with Crippen LogP contribution in [-0.4, -0.2) is 35.2 Å². The number of carbonyl (C=O) groups is 2. The number of nitrogens with zero attached hydrogens (tertiary/aromatic N) is 1. The van der Waals surface area contributed by atoms with Crippen molar-refractivity contribution in [1.82, 2.24) is 5.06 Å². The highest BCUT2D eigenvalue weighted by Crippen LogP contribution is 2.01. The molecule has 0 aliphatic rings. The fraction of sp³-hybridized carbons (Fsp3) is 0.667. The number of carbonyl (C=O) groups excluding carboxylic acids is 1. The van der Waals surface area contributed by atoms with E-state index in [0.29, 0.717) is 5.57 Å². The maximum absolute atomic E-state index is 11.3. The fourth-order valence-electron chi connectivity index (χ4n) is 0.931. The molecule has 0 fully saturated rings. The van der Waals surface area contributed by atoms with Crippen molar-refractivity contribution in [1.29, 1.82) is 0 Å². The Labute approximate surface area is 103 Å². The van der Waals surface area contributed by atoms with Crippen LogP contribution in [0.3, 0.4) is 0 Å². The van der Waals surface area contributed by atoms with Crippen LogP contribution in [0.1, 0.15) is 41.0 Å². The van der Waals surface area contributed by atoms with Crippen LogP contribution in [0.15, 0.2) is 11.6 Å². The molecule has 0 aromatic heterocycles. The second-order valence-electron chi connectivity index (χ2n) is 3.31. The minimum Gasteiger partial charge on any atom is -0.481 e. The molecular formula is C12H23NO4. The van der Waals surface area contributed by atoms with E-state index in [-0.39, 0.29) is 5.97 Å². The highest BCUT2D eigenvalue weighted by Gasteiger charge is 2.09. The van der Waals surface area contributed by atoms with Gasteiger partial charge in [-0.2, -0.15) is 0 Å². The molecule has 0 aliphatic heterocycles. The molecule has 5 heteroatoms. The summed E-state index contributed by atoms with van der Waals surface area (Å²) in [5.41, 5.74) is 0.675. The molecule has 0 saturated heterocycles. The Hall–Kier alpha value is -1.36. The zero-order chi connectivity index (χ0) is 13.8. The smallest absolute Gasteiger partial charge is 0.352 e. The average Bonchev–Trinajstić information content (AvgIpc) is 2.25. The van der Waals surface area contributed by atoms with Gasteiger partial charge in [0, 0.05) is 25.6 Å². The van der Waals surface area contributed by atoms with E-state index < -0.39 is 5.97 Å². The van der Waals surface area contributed by atoms with Crippen LogP contribution in [0.4, 0.5) is 0 Å². The van der Waals surface area contributed by atoms with Crippen LogP contribution in [0.5, 0.6) is 0 Å². The molecule has 0 amide bonds. The van der Waals surface area contributed by atoms with E-state index in [4.69, 9.17) is 14.7 Å². The summed E-state index contributed by atoms with van der Waals surface area (Å²) in [6.45, 7) is 10.2. The number of rotatable bonds is 5. The second kappa shape index (κ2) is 11.1. The van der Waals surface area contributed by atoms with E-state index in [1.807, 2.05) is 26.8 Å². The summed E-state index contributed by atoms with van der Waals surface area (Å²) in [6, 6.07) is 0. The van der Waals surface area contributed by atoms with Crippen molar-refractivity contribution in [3.8, 4) is 0 Å². The molecule has 0 bridgehead atoms. The predicted octanol–water partition coefficient (Wildman–Crippen LogP) is 2.23. The summed E-state index contributed by atoms with van der Waals surface area (Å²) in [4.78, 5) is 25.4. The first-order chi connectivity index (χ1) is 7.88. The second-order valence-corrected chi connectivity index (χ2v) is 3.31. The molecule has 0 heterocycles. The minimum atomic E-state index is -0.833. The average molecular weight is 245 g/mol. The van der Waals surface area contributed by atoms with E-state index >= 15 is 0 Å². The topological polar surface area (TPSA) is 66.8 Å². The lowest BCUT2D eigenvalue weighted by molar-refractivity contribution is -0.183. The van der Waals surface area contributed by atoms with Gasteiger partial charge in [0.25, 0.3) is 5.97 Å². The molecule has 0 atom stereocenters. The van der Waals surface area contributed by atoms with Crippen LogP contribution in [-0.2, 0) is 14.4 Å². The fourth-order valence-corrected chi connectivity index (χ4v) is 0.931. The van der Waals surface area contributed by atoms with E-state index in [9.17, 15) is 4.79 Å². The zero-order valence-corrected chi connectivity index (χ0v) is 11.3. The van der Waals surface area contributed by atoms with Gasteiger partial charge in [-0.25, -0.2) is 4.79 Å². The Morgan fingerprint density at radius 3 is 1.88 bits per heavy atom. The first kappa shape index (κ1) is 18.0. The lowest BCUT2D eigenvalue weighted by Gasteiger charge is -2.17. The minimum absolute atomic E-state index is 0.245. The van der Waals surface area contributed by atoms with Crippen LogP contribution >= 0.6 is 0 Å². The maximum Gasteiger partial charge on any atom is 0.352 e. The van der Waals surface area contributed by atoms with Crippen LogP contribution in [0.25, 0.3) is 0 Å². The summed E-state index contributed by atoms with van der Waals surface area (Å²) in [7, 11) is 0. The van der Waals surface area contributed by atoms with Gasteiger partial charge in [0.1, 0.15) is 0 Å². The van der Waals surface area contributed by atoms with E-state index in [1.54, 1.807) is 12.0 Å². The zero-order valence-electron chi connectivity index (χ0n) is 11.3. The molecule has 5 nitrogen and oxygen atoms in total. The lowest BCUT2D eigenvalue weighted by Crippen LogP contribution is -2.27. The highest BCUT2D eigenvalue weighted by molar-refractivity contribution is 5.87. The van der Waals surface area contributed by atoms with Crippen molar-refractivity contribution in [3.05, 3.63) is 11.6 Å². The van der Waals surface area contributed by atoms with Gasteiger partial charge in [0.15, 0.2) is 0 Å². The molecule has 0 unspecified atom stereocenters. The summed E-state index contributed by atoms with van der Waals surface area (Å²) in [6.07, 6.45) is 2.73. The van der Waals surface area contributed by atoms with Crippen LogP contribution < -0.4 is 0 Å². The number of hydrogen-bond acceptors (Lipinski definition) is 4. The Bertz CT molecular complexity index is 253. The van der Waals surface area contributed by atoms with Gasteiger partial charge in [-0.3, -0.25) is 4.79 Å². The Morgan fingerprint density at radius 2 is 1.59 bits per heavy atom. The third-order valence-corrected chi connectivity index (χ3v) is 1.75. The van der Waals surface area contributed by atoms with Crippen molar-refractivity contribution in [2.45, 2.75) is 41.0 Å². The first-order valence-electron chi connectivity index (χ1n) is 5.72. The van der Waals surface area contributed by atoms with Crippen molar-refractivity contribution >= 4 is 11.9 Å². The number of carboxylic acid groups (broad SMARTS) is 1. The van der Waals surface area contributed by atoms with Crippen LogP contribution in [0, 0.1) is 0 Å². The quantitative estimate of drug-likeness (QED) is 0.594. The summed E-state index contributed by atoms with van der Waals surface area (Å²) < 4.78 is 0. The number of allylic oxidation sites excluding steroid dienone is 1. The van der Waals surface area contributed by atoms with Gasteiger partial charge in [-0.15, -0.1) is 5.06 Å². The Morgan fingerprint density at radius 1 is 1.18 bits per heavy atom. The largest absolute Gasteiger partial charge is 0.481 e. The highest BCUT2D eigenvalue weighted by atomic mass is 16.7. The Kier molecular flexibility index (Phi) is 11.8. The van der Waals surface area contributed by atoms with Gasteiger partial charge in [0.2, 0.25) is 0 Å². The molecule has 0 spiro atoms. The summed E-state index contributed by atoms with van der Waals surface area (Å²) in [5, 5.41) is 9.05. The normalized spacial score (nSPS) is 10.6. The van der Waals surface area contributed by atoms with Gasteiger partial charge >= 0.3 is 5.97 Å². The maximum atomic E-state index is 11.3. The van der Waals surface area contributed by atoms with Gasteiger partial charge < -0.3 is 9.94 Å². The third-order valence-electron chi connectivity index (χ3n) is 1.75. The number of carboxylic acids is 1. The van der Waals surface area contributed by atoms with Crippen molar-refractivity contribution in [2.75, 3.05) is 13.1 Å². The summed E-state index contributed by atoms with van der Waals surface area (Å²) in [5.74, 6) is -1.08. The third kappa shape index (κ3) is 12.6. The number of aliphatic carboxylic acids is 1. The van der Waals surface area contributed by atoms with Crippen molar-refractivity contribution in [2.24, 2.45) is 0 Å². The van der Waals surface area contributed by atoms with E-state index in [1.165, 1.54) is 0 Å². The van der Waals surface area contributed by atoms with Crippen molar-refractivity contribution in [3.63, 3.8) is 0 Å². The predicted molar refractivity (Wildman–Crippen MR) is 66.4 cm³/mol. The van der Waals surface area contributed by atoms with Crippen molar-refractivity contribution < 1.29 is 19.5 Å². The lowest BCUT2D eigenvalue weighted by atomic mass is 10.2. The van der Waals surface area contributed by atoms with Gasteiger partial charge in [-0.1, -0.05) is 13.0 Å². The molecular weight excluding hydrogens is 222 g/mol. The monoisotopic (exact) mass is 245 g/mol. The molecule has 1 N–H and O–H groups in total. The molecule has 0 saturated carbocycles. The first-order valence-corrected chi connectivity index (χ1v) is 5.72. The molecule has 0 aromatic rings. The molecule has 0 aliphatic carbocycles. The Balaban J connectivity index is 0. The molecule has 17 heavy (non-hydrogen) atoms. The molecule has 100 valence electrons. The standard InChI is InChI=1S/C10H19NO2.C2H4O2/c1-5-8-9(4)10(12)13-11(6-2)7-3;1-2(3)4/h8H,5-7H2,1-4H3;1H3,(H,3,4). The number of hydrogen-bond donors (Lipinski definition) is 1. The molecule has 0 radical (unpaired) electrons. The number of hydroxylamine groups is 2.